The van der Waals surface area contributed by atoms with Crippen molar-refractivity contribution < 1.29 is 14.4 Å². The Morgan fingerprint density at radius 1 is 1.29 bits per heavy atom. The van der Waals surface area contributed by atoms with Crippen LogP contribution >= 0.6 is 0 Å². The fraction of sp³-hybridized carbons (Fsp3) is 0.857. The fourth-order valence-corrected chi connectivity index (χ4v) is 4.19. The molecule has 28 heavy (non-hydrogen) atoms. The summed E-state index contributed by atoms with van der Waals surface area (Å²) in [7, 11) is 1.69. The zero-order valence-electron chi connectivity index (χ0n) is 18.4. The van der Waals surface area contributed by atoms with Crippen molar-refractivity contribution in [3.05, 3.63) is 0 Å². The molecule has 3 N–H and O–H groups in total. The van der Waals surface area contributed by atoms with Crippen LogP contribution in [0, 0.1) is 17.3 Å². The summed E-state index contributed by atoms with van der Waals surface area (Å²) >= 11 is 0. The van der Waals surface area contributed by atoms with Crippen LogP contribution in [0.1, 0.15) is 66.7 Å². The Morgan fingerprint density at radius 2 is 1.86 bits per heavy atom. The SMILES string of the molecule is CC(C)C(N)CCN(C)C(=O)CN1C(=O)NC2(CCC(C(C)(C)C)CC2)C1=O. The van der Waals surface area contributed by atoms with Crippen molar-refractivity contribution in [2.75, 3.05) is 20.1 Å². The summed E-state index contributed by atoms with van der Waals surface area (Å²) in [5.41, 5.74) is 5.42. The molecule has 1 spiro atoms. The Kier molecular flexibility index (Phi) is 6.79. The molecule has 1 unspecified atom stereocenters. The highest BCUT2D eigenvalue weighted by atomic mass is 16.2. The molecule has 160 valence electrons. The molecular formula is C21H38N4O3. The van der Waals surface area contributed by atoms with Gasteiger partial charge in [-0.15, -0.1) is 0 Å². The maximum atomic E-state index is 13.0. The van der Waals surface area contributed by atoms with Gasteiger partial charge < -0.3 is 16.0 Å². The van der Waals surface area contributed by atoms with Crippen LogP contribution in [0.4, 0.5) is 4.79 Å². The molecule has 0 bridgehead atoms. The van der Waals surface area contributed by atoms with E-state index in [1.165, 1.54) is 0 Å². The predicted octanol–water partition coefficient (Wildman–Crippen LogP) is 2.35. The van der Waals surface area contributed by atoms with Gasteiger partial charge in [0.2, 0.25) is 5.91 Å². The Hall–Kier alpha value is -1.63. The van der Waals surface area contributed by atoms with Crippen LogP contribution in [-0.4, -0.2) is 59.4 Å². The molecule has 0 radical (unpaired) electrons. The topological polar surface area (TPSA) is 95.7 Å². The second kappa shape index (κ2) is 8.39. The minimum Gasteiger partial charge on any atom is -0.344 e. The highest BCUT2D eigenvalue weighted by Crippen LogP contribution is 2.43. The minimum absolute atomic E-state index is 0.0215. The van der Waals surface area contributed by atoms with Gasteiger partial charge in [-0.3, -0.25) is 14.5 Å². The summed E-state index contributed by atoms with van der Waals surface area (Å²) in [5, 5.41) is 2.90. The van der Waals surface area contributed by atoms with Crippen LogP contribution in [-0.2, 0) is 9.59 Å². The molecule has 7 heteroatoms. The number of amides is 4. The van der Waals surface area contributed by atoms with Crippen LogP contribution < -0.4 is 11.1 Å². The normalized spacial score (nSPS) is 26.7. The van der Waals surface area contributed by atoms with Crippen molar-refractivity contribution in [1.29, 1.82) is 0 Å². The van der Waals surface area contributed by atoms with Crippen LogP contribution in [0.15, 0.2) is 0 Å². The first-order valence-electron chi connectivity index (χ1n) is 10.5. The number of urea groups is 1. The molecular weight excluding hydrogens is 356 g/mol. The second-order valence-corrected chi connectivity index (χ2v) is 10.1. The maximum absolute atomic E-state index is 13.0. The second-order valence-electron chi connectivity index (χ2n) is 10.1. The molecule has 2 rings (SSSR count). The standard InChI is InChI=1S/C21H38N4O3/c1-14(2)16(22)9-12-24(6)17(26)13-25-18(27)21(23-19(25)28)10-7-15(8-11-21)20(3,4)5/h14-16H,7-13,22H2,1-6H3,(H,23,28). The average molecular weight is 395 g/mol. The first kappa shape index (κ1) is 22.7. The molecule has 1 heterocycles. The number of hydrogen-bond donors (Lipinski definition) is 2. The van der Waals surface area contributed by atoms with Crippen molar-refractivity contribution in [1.82, 2.24) is 15.1 Å². The van der Waals surface area contributed by atoms with Gasteiger partial charge in [0, 0.05) is 19.6 Å². The number of imide groups is 1. The van der Waals surface area contributed by atoms with E-state index in [0.29, 0.717) is 37.6 Å². The van der Waals surface area contributed by atoms with E-state index in [0.717, 1.165) is 17.7 Å². The summed E-state index contributed by atoms with van der Waals surface area (Å²) in [4.78, 5) is 40.7. The van der Waals surface area contributed by atoms with Crippen LogP contribution in [0.5, 0.6) is 0 Å². The Morgan fingerprint density at radius 3 is 2.36 bits per heavy atom. The summed E-state index contributed by atoms with van der Waals surface area (Å²) in [6.07, 6.45) is 3.79. The first-order chi connectivity index (χ1) is 12.9. The van der Waals surface area contributed by atoms with Crippen molar-refractivity contribution in [2.45, 2.75) is 78.3 Å². The molecule has 2 fully saturated rings. The molecule has 1 aliphatic heterocycles. The van der Waals surface area contributed by atoms with E-state index in [-0.39, 0.29) is 29.8 Å². The van der Waals surface area contributed by atoms with E-state index in [1.807, 2.05) is 13.8 Å². The molecule has 0 aromatic rings. The number of hydrogen-bond acceptors (Lipinski definition) is 4. The molecule has 4 amide bonds. The molecule has 1 atom stereocenters. The Balaban J connectivity index is 1.94. The number of carbonyl (C=O) groups is 3. The van der Waals surface area contributed by atoms with E-state index < -0.39 is 11.6 Å². The number of nitrogens with one attached hydrogen (secondary N) is 1. The summed E-state index contributed by atoms with van der Waals surface area (Å²) in [6.45, 7) is 11.1. The lowest BCUT2D eigenvalue weighted by atomic mass is 9.67. The molecule has 7 nitrogen and oxygen atoms in total. The van der Waals surface area contributed by atoms with Gasteiger partial charge in [-0.05, 0) is 49.4 Å². The number of rotatable bonds is 6. The minimum atomic E-state index is -0.822. The molecule has 0 aromatic carbocycles. The van der Waals surface area contributed by atoms with E-state index in [9.17, 15) is 14.4 Å². The van der Waals surface area contributed by atoms with Crippen molar-refractivity contribution in [2.24, 2.45) is 23.0 Å². The van der Waals surface area contributed by atoms with E-state index >= 15 is 0 Å². The lowest BCUT2D eigenvalue weighted by molar-refractivity contribution is -0.139. The third-order valence-corrected chi connectivity index (χ3v) is 6.68. The number of likely N-dealkylation sites (N-methyl/N-ethyl adjacent to an activating group) is 1. The molecule has 1 aliphatic carbocycles. The largest absolute Gasteiger partial charge is 0.344 e. The van der Waals surface area contributed by atoms with Gasteiger partial charge in [-0.2, -0.15) is 0 Å². The number of nitrogens with two attached hydrogens (primary N) is 1. The summed E-state index contributed by atoms with van der Waals surface area (Å²) in [5.74, 6) is 0.401. The Labute approximate surface area is 169 Å². The maximum Gasteiger partial charge on any atom is 0.325 e. The highest BCUT2D eigenvalue weighted by Gasteiger charge is 2.53. The first-order valence-corrected chi connectivity index (χ1v) is 10.5. The van der Waals surface area contributed by atoms with Gasteiger partial charge >= 0.3 is 6.03 Å². The number of carbonyl (C=O) groups excluding carboxylic acids is 3. The van der Waals surface area contributed by atoms with Gasteiger partial charge in [0.1, 0.15) is 12.1 Å². The molecule has 1 saturated heterocycles. The quantitative estimate of drug-likeness (QED) is 0.676. The van der Waals surface area contributed by atoms with E-state index in [1.54, 1.807) is 11.9 Å². The smallest absolute Gasteiger partial charge is 0.325 e. The third-order valence-electron chi connectivity index (χ3n) is 6.68. The molecule has 0 aromatic heterocycles. The lowest BCUT2D eigenvalue weighted by Gasteiger charge is -2.40. The zero-order valence-corrected chi connectivity index (χ0v) is 18.4. The third kappa shape index (κ3) is 4.85. The van der Waals surface area contributed by atoms with Gasteiger partial charge in [0.15, 0.2) is 0 Å². The monoisotopic (exact) mass is 394 g/mol. The predicted molar refractivity (Wildman–Crippen MR) is 109 cm³/mol. The van der Waals surface area contributed by atoms with Gasteiger partial charge in [-0.1, -0.05) is 34.6 Å². The van der Waals surface area contributed by atoms with Gasteiger partial charge in [0.05, 0.1) is 0 Å². The van der Waals surface area contributed by atoms with Crippen molar-refractivity contribution >= 4 is 17.8 Å². The van der Waals surface area contributed by atoms with Crippen molar-refractivity contribution in [3.8, 4) is 0 Å². The summed E-state index contributed by atoms with van der Waals surface area (Å²) in [6, 6.07) is -0.423. The van der Waals surface area contributed by atoms with Gasteiger partial charge in [-0.25, -0.2) is 4.79 Å². The lowest BCUT2D eigenvalue weighted by Crippen LogP contribution is -2.51. The average Bonchev–Trinajstić information content (AvgIpc) is 2.82. The summed E-state index contributed by atoms with van der Waals surface area (Å²) < 4.78 is 0. The van der Waals surface area contributed by atoms with Crippen LogP contribution in [0.25, 0.3) is 0 Å². The number of nitrogens with zero attached hydrogens (tertiary/aromatic N) is 2. The molecule has 2 aliphatic rings. The van der Waals surface area contributed by atoms with Gasteiger partial charge in [0.25, 0.3) is 5.91 Å². The fourth-order valence-electron chi connectivity index (χ4n) is 4.19. The highest BCUT2D eigenvalue weighted by molar-refractivity contribution is 6.09. The van der Waals surface area contributed by atoms with Crippen LogP contribution in [0.3, 0.4) is 0 Å². The van der Waals surface area contributed by atoms with E-state index in [4.69, 9.17) is 5.73 Å². The Bertz CT molecular complexity index is 603. The van der Waals surface area contributed by atoms with Crippen LogP contribution in [0.2, 0.25) is 0 Å². The van der Waals surface area contributed by atoms with E-state index in [2.05, 4.69) is 26.1 Å². The molecule has 1 saturated carbocycles. The van der Waals surface area contributed by atoms with Crippen molar-refractivity contribution in [3.63, 3.8) is 0 Å². The zero-order chi connectivity index (χ0) is 21.3.